The minimum absolute atomic E-state index is 0.00205. The first-order valence-corrected chi connectivity index (χ1v) is 15.6. The number of benzene rings is 3. The number of rotatable bonds is 9. The highest BCUT2D eigenvalue weighted by atomic mass is 35.5. The minimum atomic E-state index is -1.26. The van der Waals surface area contributed by atoms with Gasteiger partial charge in [0.25, 0.3) is 0 Å². The molecule has 0 radical (unpaired) electrons. The van der Waals surface area contributed by atoms with Gasteiger partial charge in [-0.1, -0.05) is 47.8 Å². The zero-order valence-corrected chi connectivity index (χ0v) is 26.2. The Balaban J connectivity index is 1.22. The van der Waals surface area contributed by atoms with E-state index in [1.165, 1.54) is 10.7 Å². The molecule has 234 valence electrons. The average molecular weight is 653 g/mol. The smallest absolute Gasteiger partial charge is 0.335 e. The third-order valence-electron chi connectivity index (χ3n) is 8.68. The van der Waals surface area contributed by atoms with Crippen molar-refractivity contribution in [2.75, 3.05) is 24.7 Å². The van der Waals surface area contributed by atoms with Gasteiger partial charge in [0.2, 0.25) is 5.91 Å². The van der Waals surface area contributed by atoms with E-state index in [1.54, 1.807) is 12.4 Å². The van der Waals surface area contributed by atoms with Crippen molar-refractivity contribution in [2.24, 2.45) is 5.41 Å². The summed E-state index contributed by atoms with van der Waals surface area (Å²) in [7, 11) is 0. The quantitative estimate of drug-likeness (QED) is 0.186. The molecular formula is C34H32Cl2FN3O5. The molecule has 1 aliphatic heterocycles. The molecule has 0 atom stereocenters. The van der Waals surface area contributed by atoms with Crippen LogP contribution in [0.25, 0.3) is 11.1 Å². The van der Waals surface area contributed by atoms with Crippen molar-refractivity contribution in [3.63, 3.8) is 0 Å². The molecule has 6 rings (SSSR count). The van der Waals surface area contributed by atoms with Crippen molar-refractivity contribution < 1.29 is 28.6 Å². The third kappa shape index (κ3) is 6.37. The zero-order chi connectivity index (χ0) is 31.7. The Morgan fingerprint density at radius 2 is 1.93 bits per heavy atom. The van der Waals surface area contributed by atoms with Gasteiger partial charge >= 0.3 is 5.97 Å². The van der Waals surface area contributed by atoms with Gasteiger partial charge in [-0.25, -0.2) is 9.18 Å². The van der Waals surface area contributed by atoms with Crippen molar-refractivity contribution in [1.29, 1.82) is 0 Å². The number of carboxylic acids is 1. The van der Waals surface area contributed by atoms with E-state index in [4.69, 9.17) is 32.7 Å². The van der Waals surface area contributed by atoms with E-state index in [9.17, 15) is 19.1 Å². The highest BCUT2D eigenvalue weighted by Crippen LogP contribution is 2.49. The second-order valence-corrected chi connectivity index (χ2v) is 12.6. The number of amides is 1. The summed E-state index contributed by atoms with van der Waals surface area (Å²) in [4.78, 5) is 26.9. The SMILES string of the molecule is Cc1c(Cl)cccc1OCCCC(=O)N1CC2(CCC2)COc2c(-c3cnn(Cc4c(F)cc(C(=O)O)cc4Cl)c3)cccc21. The molecule has 0 unspecified atom stereocenters. The molecule has 1 N–H and O–H groups in total. The maximum Gasteiger partial charge on any atom is 0.335 e. The van der Waals surface area contributed by atoms with Gasteiger partial charge in [0, 0.05) is 56.9 Å². The van der Waals surface area contributed by atoms with E-state index >= 15 is 0 Å². The predicted molar refractivity (Wildman–Crippen MR) is 170 cm³/mol. The molecule has 0 bridgehead atoms. The fourth-order valence-electron chi connectivity index (χ4n) is 5.92. The molecule has 0 saturated heterocycles. The van der Waals surface area contributed by atoms with E-state index in [-0.39, 0.29) is 34.0 Å². The molecule has 1 amide bonds. The lowest BCUT2D eigenvalue weighted by Gasteiger charge is -2.42. The highest BCUT2D eigenvalue weighted by molar-refractivity contribution is 6.32. The first-order valence-electron chi connectivity index (χ1n) is 14.8. The van der Waals surface area contributed by atoms with Crippen molar-refractivity contribution in [1.82, 2.24) is 9.78 Å². The first-order chi connectivity index (χ1) is 21.6. The summed E-state index contributed by atoms with van der Waals surface area (Å²) in [6, 6.07) is 13.4. The van der Waals surface area contributed by atoms with Crippen LogP contribution in [0, 0.1) is 18.2 Å². The van der Waals surface area contributed by atoms with Gasteiger partial charge < -0.3 is 19.5 Å². The minimum Gasteiger partial charge on any atom is -0.493 e. The molecule has 1 aromatic heterocycles. The Morgan fingerprint density at radius 1 is 1.13 bits per heavy atom. The number of halogens is 3. The second kappa shape index (κ2) is 12.7. The molecule has 1 fully saturated rings. The number of aromatic nitrogens is 2. The van der Waals surface area contributed by atoms with Crippen LogP contribution in [0.3, 0.4) is 0 Å². The van der Waals surface area contributed by atoms with Crippen LogP contribution in [-0.2, 0) is 11.3 Å². The van der Waals surface area contributed by atoms with Crippen LogP contribution in [-0.4, -0.2) is 46.5 Å². The number of carbonyl (C=O) groups excluding carboxylic acids is 1. The first kappa shape index (κ1) is 30.9. The lowest BCUT2D eigenvalue weighted by molar-refractivity contribution is -0.119. The van der Waals surface area contributed by atoms with Crippen molar-refractivity contribution >= 4 is 40.8 Å². The van der Waals surface area contributed by atoms with Crippen LogP contribution in [0.4, 0.5) is 10.1 Å². The molecule has 4 aromatic rings. The molecule has 1 saturated carbocycles. The van der Waals surface area contributed by atoms with Gasteiger partial charge in [0.05, 0.1) is 37.2 Å². The van der Waals surface area contributed by atoms with Gasteiger partial charge in [-0.3, -0.25) is 9.48 Å². The standard InChI is InChI=1S/C34H32Cl2FN3O5/c1-21-26(35)7-3-9-30(21)44-13-4-10-31(41)40-19-34(11-5-12-34)20-45-32-24(6-2-8-29(32)40)23-16-38-39(17-23)18-25-27(36)14-22(33(42)43)15-28(25)37/h2-3,6-9,14-17H,4-5,10-13,18-20H2,1H3,(H,42,43). The largest absolute Gasteiger partial charge is 0.493 e. The number of aromatic carboxylic acids is 1. The summed E-state index contributed by atoms with van der Waals surface area (Å²) in [5.74, 6) is -0.658. The number of anilines is 1. The molecule has 2 heterocycles. The maximum atomic E-state index is 14.8. The van der Waals surface area contributed by atoms with Gasteiger partial charge in [-0.2, -0.15) is 5.10 Å². The van der Waals surface area contributed by atoms with E-state index in [1.807, 2.05) is 48.2 Å². The Morgan fingerprint density at radius 3 is 2.67 bits per heavy atom. The fraction of sp³-hybridized carbons (Fsp3) is 0.324. The van der Waals surface area contributed by atoms with Gasteiger partial charge in [-0.05, 0) is 56.5 Å². The van der Waals surface area contributed by atoms with Crippen LogP contribution in [0.1, 0.15) is 53.6 Å². The molecule has 45 heavy (non-hydrogen) atoms. The molecule has 8 nitrogen and oxygen atoms in total. The van der Waals surface area contributed by atoms with Crippen LogP contribution < -0.4 is 14.4 Å². The van der Waals surface area contributed by atoms with Gasteiger partial charge in [0.15, 0.2) is 5.75 Å². The monoisotopic (exact) mass is 651 g/mol. The molecule has 11 heteroatoms. The van der Waals surface area contributed by atoms with E-state index in [0.717, 1.165) is 42.0 Å². The van der Waals surface area contributed by atoms with Crippen molar-refractivity contribution in [2.45, 2.75) is 45.6 Å². The lowest BCUT2D eigenvalue weighted by Crippen LogP contribution is -2.46. The van der Waals surface area contributed by atoms with Crippen LogP contribution in [0.5, 0.6) is 11.5 Å². The van der Waals surface area contributed by atoms with Gasteiger partial charge in [0.1, 0.15) is 11.6 Å². The predicted octanol–water partition coefficient (Wildman–Crippen LogP) is 7.81. The Hall–Kier alpha value is -4.08. The van der Waals surface area contributed by atoms with E-state index in [2.05, 4.69) is 5.10 Å². The maximum absolute atomic E-state index is 14.8. The van der Waals surface area contributed by atoms with Crippen LogP contribution >= 0.6 is 23.2 Å². The number of carbonyl (C=O) groups is 2. The van der Waals surface area contributed by atoms with E-state index in [0.29, 0.717) is 54.8 Å². The van der Waals surface area contributed by atoms with Crippen LogP contribution in [0.15, 0.2) is 60.9 Å². The topological polar surface area (TPSA) is 93.9 Å². The zero-order valence-electron chi connectivity index (χ0n) is 24.7. The average Bonchev–Trinajstić information content (AvgIpc) is 3.38. The number of ether oxygens (including phenoxy) is 2. The highest BCUT2D eigenvalue weighted by Gasteiger charge is 2.43. The van der Waals surface area contributed by atoms with Crippen molar-refractivity contribution in [3.8, 4) is 22.6 Å². The summed E-state index contributed by atoms with van der Waals surface area (Å²) >= 11 is 12.4. The van der Waals surface area contributed by atoms with Gasteiger partial charge in [-0.15, -0.1) is 0 Å². The number of para-hydroxylation sites is 1. The Kier molecular flexibility index (Phi) is 8.75. The second-order valence-electron chi connectivity index (χ2n) is 11.7. The lowest BCUT2D eigenvalue weighted by atomic mass is 9.69. The summed E-state index contributed by atoms with van der Waals surface area (Å²) in [6.45, 7) is 3.38. The normalized spacial score (nSPS) is 15.2. The summed E-state index contributed by atoms with van der Waals surface area (Å²) in [5, 5.41) is 14.3. The molecule has 2 aliphatic rings. The van der Waals surface area contributed by atoms with E-state index < -0.39 is 11.8 Å². The molecule has 1 spiro atoms. The summed E-state index contributed by atoms with van der Waals surface area (Å²) in [5.41, 5.74) is 2.89. The number of fused-ring (bicyclic) bond motifs is 1. The van der Waals surface area contributed by atoms with Crippen molar-refractivity contribution in [3.05, 3.63) is 93.5 Å². The Bertz CT molecular complexity index is 1750. The number of hydrogen-bond donors (Lipinski definition) is 1. The molecule has 3 aromatic carbocycles. The summed E-state index contributed by atoms with van der Waals surface area (Å²) < 4.78 is 28.7. The number of hydrogen-bond acceptors (Lipinski definition) is 5. The number of carboxylic acid groups (broad SMARTS) is 1. The Labute approximate surface area is 270 Å². The van der Waals surface area contributed by atoms with Crippen LogP contribution in [0.2, 0.25) is 10.0 Å². The molecular weight excluding hydrogens is 620 g/mol. The summed E-state index contributed by atoms with van der Waals surface area (Å²) in [6.07, 6.45) is 7.34. The third-order valence-corrected chi connectivity index (χ3v) is 9.43. The fourth-order valence-corrected chi connectivity index (χ4v) is 6.36. The number of nitrogens with zero attached hydrogens (tertiary/aromatic N) is 3. The molecule has 1 aliphatic carbocycles.